The van der Waals surface area contributed by atoms with Crippen molar-refractivity contribution in [2.75, 3.05) is 5.43 Å². The molecule has 0 aliphatic carbocycles. The molecule has 0 fully saturated rings. The van der Waals surface area contributed by atoms with Crippen LogP contribution >= 0.6 is 11.6 Å². The molecule has 0 unspecified atom stereocenters. The van der Waals surface area contributed by atoms with E-state index in [1.165, 1.54) is 16.8 Å². The van der Waals surface area contributed by atoms with Crippen LogP contribution in [0.5, 0.6) is 0 Å². The summed E-state index contributed by atoms with van der Waals surface area (Å²) in [7, 11) is 0. The van der Waals surface area contributed by atoms with Crippen molar-refractivity contribution in [3.63, 3.8) is 0 Å². The largest absolute Gasteiger partial charge is 0.416 e. The lowest BCUT2D eigenvalue weighted by Gasteiger charge is -2.16. The summed E-state index contributed by atoms with van der Waals surface area (Å²) in [6, 6.07) is 18.6. The molecule has 0 aliphatic rings. The second-order valence-electron chi connectivity index (χ2n) is 6.63. The molecule has 4 rings (SSSR count). The fourth-order valence-electron chi connectivity index (χ4n) is 3.05. The number of benzene rings is 3. The summed E-state index contributed by atoms with van der Waals surface area (Å²) in [4.78, 5) is 17.7. The van der Waals surface area contributed by atoms with Gasteiger partial charge in [-0.15, -0.1) is 0 Å². The van der Waals surface area contributed by atoms with Gasteiger partial charge in [-0.2, -0.15) is 13.2 Å². The van der Waals surface area contributed by atoms with E-state index in [2.05, 4.69) is 10.4 Å². The molecule has 0 aliphatic heterocycles. The second-order valence-corrected chi connectivity index (χ2v) is 7.07. The molecule has 30 heavy (non-hydrogen) atoms. The van der Waals surface area contributed by atoms with Crippen LogP contribution in [0.25, 0.3) is 22.3 Å². The van der Waals surface area contributed by atoms with Crippen LogP contribution in [0.4, 0.5) is 13.2 Å². The highest BCUT2D eigenvalue weighted by atomic mass is 35.5. The Bertz CT molecular complexity index is 1250. The number of aromatic nitrogens is 2. The van der Waals surface area contributed by atoms with Gasteiger partial charge >= 0.3 is 6.18 Å². The van der Waals surface area contributed by atoms with Gasteiger partial charge in [-0.05, 0) is 54.1 Å². The number of rotatable bonds is 4. The van der Waals surface area contributed by atoms with Crippen molar-refractivity contribution >= 4 is 22.5 Å². The lowest BCUT2D eigenvalue weighted by Crippen LogP contribution is -2.31. The van der Waals surface area contributed by atoms with Crippen molar-refractivity contribution in [3.8, 4) is 11.4 Å². The van der Waals surface area contributed by atoms with Gasteiger partial charge in [-0.1, -0.05) is 35.9 Å². The molecular weight excluding hydrogens is 415 g/mol. The maximum absolute atomic E-state index is 13.1. The molecule has 3 aromatic carbocycles. The summed E-state index contributed by atoms with van der Waals surface area (Å²) < 4.78 is 39.6. The van der Waals surface area contributed by atoms with E-state index >= 15 is 0 Å². The fourth-order valence-corrected chi connectivity index (χ4v) is 3.18. The normalized spacial score (nSPS) is 11.6. The molecule has 0 saturated heterocycles. The van der Waals surface area contributed by atoms with Gasteiger partial charge in [0.1, 0.15) is 0 Å². The second kappa shape index (κ2) is 7.84. The summed E-state index contributed by atoms with van der Waals surface area (Å²) in [5.41, 5.74) is 3.75. The first-order valence-electron chi connectivity index (χ1n) is 9.01. The molecule has 0 atom stereocenters. The van der Waals surface area contributed by atoms with E-state index in [0.717, 1.165) is 12.1 Å². The smallest absolute Gasteiger partial charge is 0.317 e. The van der Waals surface area contributed by atoms with Crippen LogP contribution in [0.2, 0.25) is 5.02 Å². The van der Waals surface area contributed by atoms with Crippen molar-refractivity contribution < 1.29 is 13.2 Å². The Kier molecular flexibility index (Phi) is 5.22. The highest BCUT2D eigenvalue weighted by molar-refractivity contribution is 6.30. The quantitative estimate of drug-likeness (QED) is 0.467. The molecular formula is C22H15ClF3N3O. The molecule has 1 heterocycles. The van der Waals surface area contributed by atoms with Crippen molar-refractivity contribution in [3.05, 3.63) is 99.3 Å². The zero-order chi connectivity index (χ0) is 21.3. The lowest BCUT2D eigenvalue weighted by molar-refractivity contribution is -0.137. The summed E-state index contributed by atoms with van der Waals surface area (Å²) in [5.74, 6) is 0.377. The number of halogens is 4. The number of hydrogen-bond donors (Lipinski definition) is 1. The molecule has 0 amide bonds. The topological polar surface area (TPSA) is 46.9 Å². The Morgan fingerprint density at radius 3 is 2.27 bits per heavy atom. The third-order valence-electron chi connectivity index (χ3n) is 4.60. The Morgan fingerprint density at radius 1 is 0.933 bits per heavy atom. The van der Waals surface area contributed by atoms with Crippen molar-refractivity contribution in [1.82, 2.24) is 9.66 Å². The SMILES string of the molecule is O=c1c2ccccc2nc(-c2ccc(Cl)cc2)n1NCc1ccc(C(F)(F)F)cc1. The molecule has 0 spiro atoms. The Balaban J connectivity index is 1.73. The molecule has 0 bridgehead atoms. The van der Waals surface area contributed by atoms with Crippen LogP contribution in [-0.4, -0.2) is 9.66 Å². The van der Waals surface area contributed by atoms with Crippen LogP contribution in [-0.2, 0) is 12.7 Å². The van der Waals surface area contributed by atoms with Gasteiger partial charge in [0.05, 0.1) is 23.0 Å². The first-order chi connectivity index (χ1) is 14.3. The predicted molar refractivity (Wildman–Crippen MR) is 111 cm³/mol. The Hall–Kier alpha value is -3.32. The number of alkyl halides is 3. The van der Waals surface area contributed by atoms with E-state index in [1.807, 2.05) is 0 Å². The van der Waals surface area contributed by atoms with E-state index in [4.69, 9.17) is 11.6 Å². The molecule has 0 radical (unpaired) electrons. The molecule has 4 nitrogen and oxygen atoms in total. The number of hydrogen-bond acceptors (Lipinski definition) is 3. The van der Waals surface area contributed by atoms with Crippen LogP contribution in [0.15, 0.2) is 77.6 Å². The van der Waals surface area contributed by atoms with Crippen molar-refractivity contribution in [2.24, 2.45) is 0 Å². The third-order valence-corrected chi connectivity index (χ3v) is 4.85. The van der Waals surface area contributed by atoms with E-state index in [-0.39, 0.29) is 12.1 Å². The minimum Gasteiger partial charge on any atom is -0.317 e. The average Bonchev–Trinajstić information content (AvgIpc) is 2.73. The van der Waals surface area contributed by atoms with Crippen LogP contribution in [0.1, 0.15) is 11.1 Å². The zero-order valence-electron chi connectivity index (χ0n) is 15.4. The molecule has 152 valence electrons. The first-order valence-corrected chi connectivity index (χ1v) is 9.38. The highest BCUT2D eigenvalue weighted by Crippen LogP contribution is 2.29. The van der Waals surface area contributed by atoms with Crippen LogP contribution in [0.3, 0.4) is 0 Å². The molecule has 1 aromatic heterocycles. The van der Waals surface area contributed by atoms with E-state index in [1.54, 1.807) is 48.5 Å². The molecule has 8 heteroatoms. The number of nitrogens with one attached hydrogen (secondary N) is 1. The van der Waals surface area contributed by atoms with Gasteiger partial charge in [0.15, 0.2) is 5.82 Å². The maximum atomic E-state index is 13.1. The lowest BCUT2D eigenvalue weighted by atomic mass is 10.1. The third kappa shape index (κ3) is 4.02. The summed E-state index contributed by atoms with van der Waals surface area (Å²) >= 11 is 5.97. The maximum Gasteiger partial charge on any atom is 0.416 e. The minimum absolute atomic E-state index is 0.138. The standard InChI is InChI=1S/C22H15ClF3N3O/c23-17-11-7-15(8-12-17)20-28-19-4-2-1-3-18(19)21(30)29(20)27-13-14-5-9-16(10-6-14)22(24,25)26/h1-12,27H,13H2. The van der Waals surface area contributed by atoms with E-state index in [9.17, 15) is 18.0 Å². The number of para-hydroxylation sites is 1. The average molecular weight is 430 g/mol. The van der Waals surface area contributed by atoms with E-state index in [0.29, 0.717) is 32.9 Å². The van der Waals surface area contributed by atoms with Crippen LogP contribution < -0.4 is 11.0 Å². The van der Waals surface area contributed by atoms with Gasteiger partial charge in [-0.25, -0.2) is 9.66 Å². The van der Waals surface area contributed by atoms with Crippen LogP contribution in [0, 0.1) is 0 Å². The summed E-state index contributed by atoms with van der Waals surface area (Å²) in [6.07, 6.45) is -4.40. The zero-order valence-corrected chi connectivity index (χ0v) is 16.2. The highest BCUT2D eigenvalue weighted by Gasteiger charge is 2.29. The van der Waals surface area contributed by atoms with Gasteiger partial charge < -0.3 is 5.43 Å². The van der Waals surface area contributed by atoms with E-state index < -0.39 is 11.7 Å². The van der Waals surface area contributed by atoms with Crippen molar-refractivity contribution in [2.45, 2.75) is 12.7 Å². The molecule has 4 aromatic rings. The monoisotopic (exact) mass is 429 g/mol. The summed E-state index contributed by atoms with van der Waals surface area (Å²) in [6.45, 7) is 0.138. The summed E-state index contributed by atoms with van der Waals surface area (Å²) in [5, 5.41) is 0.973. The first kappa shape index (κ1) is 20.0. The van der Waals surface area contributed by atoms with Crippen molar-refractivity contribution in [1.29, 1.82) is 0 Å². The molecule has 0 saturated carbocycles. The van der Waals surface area contributed by atoms with Gasteiger partial charge in [0, 0.05) is 10.6 Å². The van der Waals surface area contributed by atoms with Gasteiger partial charge in [0.2, 0.25) is 0 Å². The minimum atomic E-state index is -4.40. The predicted octanol–water partition coefficient (Wildman–Crippen LogP) is 5.48. The molecule has 1 N–H and O–H groups in total. The fraction of sp³-hybridized carbons (Fsp3) is 0.0909. The number of nitrogens with zero attached hydrogens (tertiary/aromatic N) is 2. The number of fused-ring (bicyclic) bond motifs is 1. The van der Waals surface area contributed by atoms with Gasteiger partial charge in [0.25, 0.3) is 5.56 Å². The Morgan fingerprint density at radius 2 is 1.60 bits per heavy atom. The Labute approximate surface area is 174 Å². The van der Waals surface area contributed by atoms with Gasteiger partial charge in [-0.3, -0.25) is 4.79 Å².